The van der Waals surface area contributed by atoms with Crippen molar-refractivity contribution in [3.8, 4) is 11.1 Å². The van der Waals surface area contributed by atoms with E-state index in [4.69, 9.17) is 0 Å². The third-order valence-electron chi connectivity index (χ3n) is 7.27. The van der Waals surface area contributed by atoms with Gasteiger partial charge in [-0.2, -0.15) is 0 Å². The summed E-state index contributed by atoms with van der Waals surface area (Å²) in [4.78, 5) is 0. The molecule has 0 radical (unpaired) electrons. The van der Waals surface area contributed by atoms with Crippen molar-refractivity contribution in [3.05, 3.63) is 76.9 Å². The minimum atomic E-state index is -2.27. The minimum absolute atomic E-state index is 0.228. The predicted octanol–water partition coefficient (Wildman–Crippen LogP) is 7.75. The number of benzene rings is 2. The van der Waals surface area contributed by atoms with Crippen molar-refractivity contribution in [1.29, 1.82) is 0 Å². The second-order valence-electron chi connectivity index (χ2n) is 10.5. The molecule has 0 saturated heterocycles. The molecule has 2 aliphatic rings. The third-order valence-corrected chi connectivity index (χ3v) is 39.3. The summed E-state index contributed by atoms with van der Waals surface area (Å²) >= 11 is -2.27. The van der Waals surface area contributed by atoms with Gasteiger partial charge in [-0.3, -0.25) is 0 Å². The molecule has 0 aliphatic heterocycles. The van der Waals surface area contributed by atoms with E-state index in [0.717, 1.165) is 6.42 Å². The first-order valence-corrected chi connectivity index (χ1v) is 24.2. The molecule has 2 heteroatoms. The van der Waals surface area contributed by atoms with Crippen molar-refractivity contribution in [1.82, 2.24) is 0 Å². The molecule has 0 nitrogen and oxygen atoms in total. The fourth-order valence-electron chi connectivity index (χ4n) is 4.88. The molecule has 4 rings (SSSR count). The SMILES string of the molecule is C[SiH](C)[Zr]([CH3])([CH3])[CH]1c2ccccc2-c2cccc(C3=CC(C(C)(C)C)=CC3)c21. The molecule has 146 valence electrons. The van der Waals surface area contributed by atoms with E-state index in [2.05, 4.69) is 97.7 Å². The molecule has 1 atom stereocenters. The molecule has 0 spiro atoms. The van der Waals surface area contributed by atoms with Crippen LogP contribution in [-0.2, 0) is 19.4 Å². The number of hydrogen-bond acceptors (Lipinski definition) is 0. The van der Waals surface area contributed by atoms with Crippen LogP contribution in [0.4, 0.5) is 0 Å². The van der Waals surface area contributed by atoms with Gasteiger partial charge in [0.2, 0.25) is 0 Å². The maximum absolute atomic E-state index is 2.72. The van der Waals surface area contributed by atoms with Crippen LogP contribution in [-0.4, -0.2) is 5.92 Å². The van der Waals surface area contributed by atoms with Gasteiger partial charge in [-0.15, -0.1) is 0 Å². The second kappa shape index (κ2) is 7.06. The van der Waals surface area contributed by atoms with Crippen molar-refractivity contribution in [2.45, 2.75) is 53.2 Å². The van der Waals surface area contributed by atoms with Gasteiger partial charge in [0.25, 0.3) is 0 Å². The van der Waals surface area contributed by atoms with Crippen molar-refractivity contribution in [2.75, 3.05) is 0 Å². The summed E-state index contributed by atoms with van der Waals surface area (Å²) in [5, 5.41) is 0. The molecule has 0 bridgehead atoms. The summed E-state index contributed by atoms with van der Waals surface area (Å²) in [7, 11) is 0. The van der Waals surface area contributed by atoms with Crippen LogP contribution in [0.2, 0.25) is 22.4 Å². The quantitative estimate of drug-likeness (QED) is 0.406. The van der Waals surface area contributed by atoms with E-state index in [1.54, 1.807) is 11.1 Å². The zero-order chi connectivity index (χ0) is 20.3. The van der Waals surface area contributed by atoms with Gasteiger partial charge in [-0.25, -0.2) is 0 Å². The van der Waals surface area contributed by atoms with Crippen LogP contribution in [0.5, 0.6) is 0 Å². The Balaban J connectivity index is 1.92. The fraction of sp³-hybridized carbons (Fsp3) is 0.385. The number of rotatable bonds is 3. The normalized spacial score (nSPS) is 18.8. The summed E-state index contributed by atoms with van der Waals surface area (Å²) in [6.45, 7) is 12.2. The van der Waals surface area contributed by atoms with E-state index in [-0.39, 0.29) is 5.41 Å². The Labute approximate surface area is 176 Å². The Bertz CT molecular complexity index is 986. The molecule has 2 aromatic rings. The fourth-order valence-corrected chi connectivity index (χ4v) is 17.7. The first-order chi connectivity index (χ1) is 13.1. The van der Waals surface area contributed by atoms with Crippen LogP contribution < -0.4 is 0 Å². The van der Waals surface area contributed by atoms with E-state index in [0.29, 0.717) is 3.63 Å². The first-order valence-electron chi connectivity index (χ1n) is 10.8. The van der Waals surface area contributed by atoms with Gasteiger partial charge in [0.15, 0.2) is 0 Å². The Morgan fingerprint density at radius 1 is 0.893 bits per heavy atom. The summed E-state index contributed by atoms with van der Waals surface area (Å²) in [6, 6.07) is 16.4. The third kappa shape index (κ3) is 3.21. The van der Waals surface area contributed by atoms with Crippen molar-refractivity contribution in [3.63, 3.8) is 0 Å². The molecule has 1 unspecified atom stereocenters. The van der Waals surface area contributed by atoms with Crippen molar-refractivity contribution in [2.24, 2.45) is 5.41 Å². The Morgan fingerprint density at radius 2 is 1.54 bits per heavy atom. The van der Waals surface area contributed by atoms with E-state index in [1.165, 1.54) is 27.8 Å². The number of fused-ring (bicyclic) bond motifs is 3. The molecule has 2 aliphatic carbocycles. The Hall–Kier alpha value is -0.980. The van der Waals surface area contributed by atoms with Crippen molar-refractivity contribution >= 4 is 11.5 Å². The van der Waals surface area contributed by atoms with Gasteiger partial charge in [-0.1, -0.05) is 0 Å². The summed E-state index contributed by atoms with van der Waals surface area (Å²) in [5.74, 6) is -0.667. The van der Waals surface area contributed by atoms with E-state index >= 15 is 0 Å². The van der Waals surface area contributed by atoms with Crippen LogP contribution >= 0.6 is 0 Å². The average molecular weight is 466 g/mol. The Kier molecular flexibility index (Phi) is 5.12. The topological polar surface area (TPSA) is 0 Å². The number of hydrogen-bond donors (Lipinski definition) is 0. The summed E-state index contributed by atoms with van der Waals surface area (Å²) in [6.07, 6.45) is 6.03. The zero-order valence-electron chi connectivity index (χ0n) is 18.6. The van der Waals surface area contributed by atoms with E-state index in [9.17, 15) is 0 Å². The van der Waals surface area contributed by atoms with Crippen LogP contribution in [0, 0.1) is 5.41 Å². The maximum atomic E-state index is 2.72. The van der Waals surface area contributed by atoms with Crippen molar-refractivity contribution < 1.29 is 19.4 Å². The van der Waals surface area contributed by atoms with Crippen LogP contribution in [0.3, 0.4) is 0 Å². The van der Waals surface area contributed by atoms with Crippen LogP contribution in [0.25, 0.3) is 16.7 Å². The molecule has 2 aromatic carbocycles. The molecule has 0 amide bonds. The van der Waals surface area contributed by atoms with Gasteiger partial charge in [0.05, 0.1) is 0 Å². The van der Waals surface area contributed by atoms with Gasteiger partial charge < -0.3 is 0 Å². The average Bonchev–Trinajstić information content (AvgIpc) is 3.24. The van der Waals surface area contributed by atoms with Gasteiger partial charge in [0, 0.05) is 0 Å². The molecular weight excluding hydrogens is 432 g/mol. The number of allylic oxidation sites excluding steroid dienone is 4. The second-order valence-corrected chi connectivity index (χ2v) is 40.5. The monoisotopic (exact) mass is 464 g/mol. The zero-order valence-corrected chi connectivity index (χ0v) is 22.2. The van der Waals surface area contributed by atoms with Gasteiger partial charge in [-0.05, 0) is 0 Å². The standard InChI is InChI=1S/C22H21.C2H7Si.2CH3.Zr/c1-22(2,3)17-12-11-16(13-17)19-9-6-10-20-18-8-5-4-7-15(18)14-21(19)20;1-3-2;;;/h4-10,12-14H,11H2,1-3H3;3H,1-2H3;2*1H3;. The van der Waals surface area contributed by atoms with Crippen LogP contribution in [0.15, 0.2) is 60.2 Å². The molecule has 0 fully saturated rings. The molecule has 0 N–H and O–H groups in total. The predicted molar refractivity (Wildman–Crippen MR) is 124 cm³/mol. The molecule has 0 aromatic heterocycles. The Morgan fingerprint density at radius 3 is 2.18 bits per heavy atom. The van der Waals surface area contributed by atoms with Gasteiger partial charge in [0.1, 0.15) is 0 Å². The first kappa shape index (κ1) is 20.3. The van der Waals surface area contributed by atoms with Gasteiger partial charge >= 0.3 is 178 Å². The molecule has 0 saturated carbocycles. The van der Waals surface area contributed by atoms with E-state index in [1.807, 2.05) is 0 Å². The summed E-state index contributed by atoms with van der Waals surface area (Å²) in [5.41, 5.74) is 11.1. The van der Waals surface area contributed by atoms with Crippen LogP contribution in [0.1, 0.15) is 47.5 Å². The molecule has 0 heterocycles. The molecular formula is C26H34SiZr. The summed E-state index contributed by atoms with van der Waals surface area (Å²) < 4.78 is 6.16. The molecule has 28 heavy (non-hydrogen) atoms. The van der Waals surface area contributed by atoms with E-state index < -0.39 is 25.4 Å².